The van der Waals surface area contributed by atoms with Gasteiger partial charge in [-0.25, -0.2) is 14.4 Å². The largest absolute Gasteiger partial charge is 0.481 e. The van der Waals surface area contributed by atoms with Crippen molar-refractivity contribution in [2.75, 3.05) is 6.61 Å². The maximum atomic E-state index is 12.5. The van der Waals surface area contributed by atoms with E-state index >= 15 is 0 Å². The molecule has 28 heavy (non-hydrogen) atoms. The molecule has 3 atom stereocenters. The van der Waals surface area contributed by atoms with E-state index in [1.165, 1.54) is 0 Å². The zero-order valence-corrected chi connectivity index (χ0v) is 14.9. The normalized spacial score (nSPS) is 15.5. The van der Waals surface area contributed by atoms with Gasteiger partial charge in [0, 0.05) is 0 Å². The smallest absolute Gasteiger partial charge is 0.345 e. The highest BCUT2D eigenvalue weighted by molar-refractivity contribution is 6.28. The van der Waals surface area contributed by atoms with Crippen molar-refractivity contribution in [3.63, 3.8) is 0 Å². The van der Waals surface area contributed by atoms with Crippen LogP contribution in [0, 0.1) is 11.3 Å². The van der Waals surface area contributed by atoms with Crippen LogP contribution in [-0.4, -0.2) is 85.1 Å². The van der Waals surface area contributed by atoms with Gasteiger partial charge in [0.05, 0.1) is 6.61 Å². The number of esters is 2. The summed E-state index contributed by atoms with van der Waals surface area (Å²) in [6.45, 7) is 0.0858. The Morgan fingerprint density at radius 3 is 1.61 bits per heavy atom. The first kappa shape index (κ1) is 25.0. The molecule has 156 valence electrons. The molecule has 0 aliphatic rings. The Labute approximate surface area is 156 Å². The third-order valence-corrected chi connectivity index (χ3v) is 3.97. The predicted molar refractivity (Wildman–Crippen MR) is 82.4 cm³/mol. The Hall–Kier alpha value is -3.03. The number of aliphatic carboxylic acids is 2. The lowest BCUT2D eigenvalue weighted by Crippen LogP contribution is -2.71. The molecule has 0 aromatic rings. The second kappa shape index (κ2) is 8.77. The fraction of sp³-hybridized carbons (Fsp3) is 0.533. The lowest BCUT2D eigenvalue weighted by Gasteiger charge is -2.40. The van der Waals surface area contributed by atoms with Crippen LogP contribution in [-0.2, 0) is 38.3 Å². The lowest BCUT2D eigenvalue weighted by molar-refractivity contribution is -0.206. The van der Waals surface area contributed by atoms with Crippen molar-refractivity contribution in [3.8, 4) is 0 Å². The average molecular weight is 406 g/mol. The number of carbonyl (C=O) groups excluding carboxylic acids is 5. The number of rotatable bonds is 10. The summed E-state index contributed by atoms with van der Waals surface area (Å²) < 4.78 is 4.04. The molecule has 13 heteroatoms. The molecule has 0 radical (unpaired) electrons. The summed E-state index contributed by atoms with van der Waals surface area (Å²) in [7, 11) is 0. The van der Waals surface area contributed by atoms with Crippen molar-refractivity contribution in [2.24, 2.45) is 11.3 Å². The number of carbonyl (C=O) groups is 7. The minimum absolute atomic E-state index is 0.419. The van der Waals surface area contributed by atoms with Gasteiger partial charge in [0.1, 0.15) is 5.78 Å². The van der Waals surface area contributed by atoms with Gasteiger partial charge in [0.25, 0.3) is 0 Å². The zero-order valence-electron chi connectivity index (χ0n) is 14.9. The van der Waals surface area contributed by atoms with Gasteiger partial charge in [0.15, 0.2) is 23.6 Å². The van der Waals surface area contributed by atoms with Gasteiger partial charge in [-0.1, -0.05) is 0 Å². The van der Waals surface area contributed by atoms with Crippen molar-refractivity contribution >= 4 is 41.2 Å². The molecule has 5 N–H and O–H groups in total. The number of aliphatic hydroxyl groups is 3. The lowest BCUT2D eigenvalue weighted by atomic mass is 9.60. The number of ether oxygens (including phenoxy) is 1. The monoisotopic (exact) mass is 406 g/mol. The van der Waals surface area contributed by atoms with Gasteiger partial charge in [-0.05, 0) is 20.8 Å². The molecular weight excluding hydrogens is 388 g/mol. The molecule has 0 aromatic carbocycles. The summed E-state index contributed by atoms with van der Waals surface area (Å²) in [6.07, 6.45) is -2.35. The number of aliphatic hydroxyl groups excluding tert-OH is 2. The van der Waals surface area contributed by atoms with Crippen LogP contribution in [0.1, 0.15) is 20.8 Å². The van der Waals surface area contributed by atoms with Crippen molar-refractivity contribution in [2.45, 2.75) is 32.5 Å². The Kier molecular flexibility index (Phi) is 7.82. The Morgan fingerprint density at radius 2 is 1.36 bits per heavy atom. The summed E-state index contributed by atoms with van der Waals surface area (Å²) >= 11 is 0. The molecule has 0 saturated carbocycles. The Morgan fingerprint density at radius 1 is 0.929 bits per heavy atom. The number of carboxylic acid groups (broad SMARTS) is 2. The van der Waals surface area contributed by atoms with E-state index < -0.39 is 70.9 Å². The maximum Gasteiger partial charge on any atom is 0.345 e. The van der Waals surface area contributed by atoms with Crippen molar-refractivity contribution in [3.05, 3.63) is 0 Å². The molecule has 0 aliphatic carbocycles. The number of hydrogen-bond acceptors (Lipinski definition) is 11. The van der Waals surface area contributed by atoms with E-state index in [0.717, 1.165) is 0 Å². The standard InChI is InChI=1S/C15H18O13/c1-5(17)9(10(21)22)15(27,12(24)25)14(6(2)18,7(3)19)13(26)28-11(23)8(20)4-16/h8-9,16,20,27H,4H2,1-3H3,(H,21,22)(H,24,25). The van der Waals surface area contributed by atoms with E-state index in [1.807, 2.05) is 0 Å². The second-order valence-electron chi connectivity index (χ2n) is 5.72. The van der Waals surface area contributed by atoms with E-state index in [1.54, 1.807) is 0 Å². The van der Waals surface area contributed by atoms with Gasteiger partial charge in [0.2, 0.25) is 11.0 Å². The third kappa shape index (κ3) is 3.81. The first-order valence-electron chi connectivity index (χ1n) is 7.40. The van der Waals surface area contributed by atoms with E-state index in [0.29, 0.717) is 20.8 Å². The van der Waals surface area contributed by atoms with Crippen LogP contribution in [0.4, 0.5) is 0 Å². The summed E-state index contributed by atoms with van der Waals surface area (Å²) in [5.41, 5.74) is -8.05. The molecule has 0 aromatic heterocycles. The molecule has 0 amide bonds. The fourth-order valence-electron chi connectivity index (χ4n) is 2.69. The SMILES string of the molecule is CC(=O)C(C(=O)O)C(O)(C(=O)O)C(C(C)=O)(C(C)=O)C(=O)OC(=O)C(O)CO. The van der Waals surface area contributed by atoms with Crippen LogP contribution in [0.5, 0.6) is 0 Å². The van der Waals surface area contributed by atoms with Crippen LogP contribution >= 0.6 is 0 Å². The van der Waals surface area contributed by atoms with Gasteiger partial charge >= 0.3 is 23.9 Å². The summed E-state index contributed by atoms with van der Waals surface area (Å²) in [5, 5.41) is 47.1. The minimum Gasteiger partial charge on any atom is -0.481 e. The first-order chi connectivity index (χ1) is 12.6. The average Bonchev–Trinajstić information content (AvgIpc) is 2.52. The van der Waals surface area contributed by atoms with Crippen molar-refractivity contribution in [1.82, 2.24) is 0 Å². The fourth-order valence-corrected chi connectivity index (χ4v) is 2.69. The van der Waals surface area contributed by atoms with Crippen LogP contribution in [0.25, 0.3) is 0 Å². The highest BCUT2D eigenvalue weighted by Crippen LogP contribution is 2.42. The molecular formula is C15H18O13. The van der Waals surface area contributed by atoms with Crippen molar-refractivity contribution < 1.29 is 63.8 Å². The molecule has 0 bridgehead atoms. The van der Waals surface area contributed by atoms with Crippen LogP contribution in [0.15, 0.2) is 0 Å². The molecule has 13 nitrogen and oxygen atoms in total. The molecule has 3 unspecified atom stereocenters. The highest BCUT2D eigenvalue weighted by Gasteiger charge is 2.74. The predicted octanol–water partition coefficient (Wildman–Crippen LogP) is -3.32. The van der Waals surface area contributed by atoms with Crippen LogP contribution in [0.3, 0.4) is 0 Å². The second-order valence-corrected chi connectivity index (χ2v) is 5.72. The Bertz CT molecular complexity index is 708. The Balaban J connectivity index is 7.05. The van der Waals surface area contributed by atoms with Gasteiger partial charge < -0.3 is 30.3 Å². The highest BCUT2D eigenvalue weighted by atomic mass is 16.6. The molecule has 0 rings (SSSR count). The number of Topliss-reactive ketones (excluding diaryl/α,β-unsaturated/α-hetero) is 3. The van der Waals surface area contributed by atoms with Gasteiger partial charge in [-0.15, -0.1) is 0 Å². The molecule has 0 aliphatic heterocycles. The van der Waals surface area contributed by atoms with Crippen molar-refractivity contribution in [1.29, 1.82) is 0 Å². The van der Waals surface area contributed by atoms with Gasteiger partial charge in [-0.2, -0.15) is 0 Å². The number of hydrogen-bond donors (Lipinski definition) is 5. The van der Waals surface area contributed by atoms with Crippen LogP contribution in [0.2, 0.25) is 0 Å². The maximum absolute atomic E-state index is 12.5. The van der Waals surface area contributed by atoms with E-state index in [2.05, 4.69) is 4.74 Å². The van der Waals surface area contributed by atoms with E-state index in [-0.39, 0.29) is 0 Å². The topological polar surface area (TPSA) is 230 Å². The molecule has 0 heterocycles. The molecule has 0 fully saturated rings. The quantitative estimate of drug-likeness (QED) is 0.177. The molecule has 0 saturated heterocycles. The van der Waals surface area contributed by atoms with Crippen LogP contribution < -0.4 is 0 Å². The number of ketones is 3. The first-order valence-corrected chi connectivity index (χ1v) is 7.40. The summed E-state index contributed by atoms with van der Waals surface area (Å²) in [6, 6.07) is 0. The third-order valence-electron chi connectivity index (χ3n) is 3.97. The number of carboxylic acids is 2. The van der Waals surface area contributed by atoms with E-state index in [4.69, 9.17) is 10.2 Å². The molecule has 0 spiro atoms. The summed E-state index contributed by atoms with van der Waals surface area (Å²) in [5.74, 6) is -17.2. The minimum atomic E-state index is -4.19. The van der Waals surface area contributed by atoms with Gasteiger partial charge in [-0.3, -0.25) is 19.2 Å². The van der Waals surface area contributed by atoms with E-state index in [9.17, 15) is 48.9 Å². The summed E-state index contributed by atoms with van der Waals surface area (Å²) in [4.78, 5) is 83.3. The zero-order chi connectivity index (χ0) is 22.6.